The van der Waals surface area contributed by atoms with Crippen LogP contribution in [-0.2, 0) is 11.2 Å². The van der Waals surface area contributed by atoms with Gasteiger partial charge in [-0.05, 0) is 43.6 Å². The number of hydrogen-bond acceptors (Lipinski definition) is 3. The van der Waals surface area contributed by atoms with Crippen LogP contribution in [0, 0.1) is 11.2 Å². The lowest BCUT2D eigenvalue weighted by Gasteiger charge is -2.32. The first-order valence-electron chi connectivity index (χ1n) is 6.61. The number of ether oxygens (including phenoxy) is 1. The molecule has 0 spiro atoms. The number of piperidine rings is 1. The van der Waals surface area contributed by atoms with E-state index in [1.54, 1.807) is 12.1 Å². The summed E-state index contributed by atoms with van der Waals surface area (Å²) >= 11 is 0. The van der Waals surface area contributed by atoms with Crippen molar-refractivity contribution in [1.29, 1.82) is 0 Å². The summed E-state index contributed by atoms with van der Waals surface area (Å²) in [5.74, 6) is -0.00823. The van der Waals surface area contributed by atoms with Crippen LogP contribution in [0.3, 0.4) is 0 Å². The Balaban J connectivity index is 2.08. The second-order valence-corrected chi connectivity index (χ2v) is 5.38. The number of nitrogens with one attached hydrogen (secondary N) is 1. The molecule has 4 heteroatoms. The lowest BCUT2D eigenvalue weighted by molar-refractivity contribution is -0.128. The predicted octanol–water partition coefficient (Wildman–Crippen LogP) is 2.34. The molecule has 1 heterocycles. The van der Waals surface area contributed by atoms with Crippen molar-refractivity contribution in [1.82, 2.24) is 5.32 Å². The van der Waals surface area contributed by atoms with Gasteiger partial charge in [-0.1, -0.05) is 13.0 Å². The van der Waals surface area contributed by atoms with E-state index in [0.29, 0.717) is 5.56 Å². The Hall–Kier alpha value is -1.42. The molecule has 1 N–H and O–H groups in total. The quantitative estimate of drug-likeness (QED) is 0.908. The molecule has 0 radical (unpaired) electrons. The van der Waals surface area contributed by atoms with Gasteiger partial charge in [-0.15, -0.1) is 0 Å². The maximum Gasteiger partial charge on any atom is 0.165 e. The molecule has 0 aliphatic carbocycles. The molecule has 0 bridgehead atoms. The Labute approximate surface area is 113 Å². The summed E-state index contributed by atoms with van der Waals surface area (Å²) in [6, 6.07) is 4.72. The minimum Gasteiger partial charge on any atom is -0.494 e. The highest BCUT2D eigenvalue weighted by molar-refractivity contribution is 5.86. The van der Waals surface area contributed by atoms with Gasteiger partial charge < -0.3 is 10.1 Å². The minimum absolute atomic E-state index is 0.193. The number of halogens is 1. The maximum absolute atomic E-state index is 13.6. The molecule has 1 aromatic rings. The zero-order chi connectivity index (χ0) is 13.9. The predicted molar refractivity (Wildman–Crippen MR) is 71.9 cm³/mol. The number of carbonyl (C=O) groups is 1. The number of carbonyl (C=O) groups excluding carboxylic acids is 1. The van der Waals surface area contributed by atoms with E-state index in [4.69, 9.17) is 4.74 Å². The first-order valence-corrected chi connectivity index (χ1v) is 6.61. The van der Waals surface area contributed by atoms with E-state index >= 15 is 0 Å². The molecule has 1 saturated heterocycles. The van der Waals surface area contributed by atoms with Crippen LogP contribution in [0.25, 0.3) is 0 Å². The average molecular weight is 265 g/mol. The number of hydrogen-bond donors (Lipinski definition) is 1. The van der Waals surface area contributed by atoms with E-state index in [1.807, 2.05) is 6.92 Å². The summed E-state index contributed by atoms with van der Waals surface area (Å²) in [4.78, 5) is 12.4. The molecule has 19 heavy (non-hydrogen) atoms. The zero-order valence-electron chi connectivity index (χ0n) is 11.5. The van der Waals surface area contributed by atoms with Gasteiger partial charge in [0.2, 0.25) is 0 Å². The van der Waals surface area contributed by atoms with Crippen LogP contribution < -0.4 is 10.1 Å². The fraction of sp³-hybridized carbons (Fsp3) is 0.533. The second kappa shape index (κ2) is 5.70. The van der Waals surface area contributed by atoms with E-state index in [-0.39, 0.29) is 23.4 Å². The summed E-state index contributed by atoms with van der Waals surface area (Å²) in [6.07, 6.45) is 1.99. The molecule has 0 unspecified atom stereocenters. The molecule has 0 atom stereocenters. The largest absolute Gasteiger partial charge is 0.494 e. The van der Waals surface area contributed by atoms with Crippen molar-refractivity contribution < 1.29 is 13.9 Å². The van der Waals surface area contributed by atoms with E-state index in [9.17, 15) is 9.18 Å². The van der Waals surface area contributed by atoms with Gasteiger partial charge in [0.15, 0.2) is 11.6 Å². The van der Waals surface area contributed by atoms with Crippen LogP contribution in [0.5, 0.6) is 5.75 Å². The molecule has 0 amide bonds. The van der Waals surface area contributed by atoms with Crippen molar-refractivity contribution in [2.24, 2.45) is 5.41 Å². The molecule has 1 aliphatic heterocycles. The average Bonchev–Trinajstić information content (AvgIpc) is 2.40. The number of rotatable bonds is 4. The summed E-state index contributed by atoms with van der Waals surface area (Å²) in [5.41, 5.74) is 0.435. The van der Waals surface area contributed by atoms with E-state index in [2.05, 4.69) is 5.32 Å². The highest BCUT2D eigenvalue weighted by atomic mass is 19.1. The fourth-order valence-corrected chi connectivity index (χ4v) is 2.48. The molecule has 2 rings (SSSR count). The molecule has 104 valence electrons. The monoisotopic (exact) mass is 265 g/mol. The highest BCUT2D eigenvalue weighted by Gasteiger charge is 2.33. The molecule has 1 aromatic carbocycles. The third-order valence-corrected chi connectivity index (χ3v) is 3.96. The van der Waals surface area contributed by atoms with Crippen molar-refractivity contribution in [3.63, 3.8) is 0 Å². The second-order valence-electron chi connectivity index (χ2n) is 5.38. The van der Waals surface area contributed by atoms with Crippen molar-refractivity contribution >= 4 is 5.78 Å². The van der Waals surface area contributed by atoms with Gasteiger partial charge in [-0.2, -0.15) is 0 Å². The fourth-order valence-electron chi connectivity index (χ4n) is 2.48. The third kappa shape index (κ3) is 3.13. The molecule has 3 nitrogen and oxygen atoms in total. The molecular weight excluding hydrogens is 245 g/mol. The Bertz CT molecular complexity index is 467. The van der Waals surface area contributed by atoms with Gasteiger partial charge in [-0.25, -0.2) is 4.39 Å². The van der Waals surface area contributed by atoms with Gasteiger partial charge in [0.1, 0.15) is 5.78 Å². The van der Waals surface area contributed by atoms with Crippen molar-refractivity contribution in [2.75, 3.05) is 20.2 Å². The minimum atomic E-state index is -0.414. The van der Waals surface area contributed by atoms with E-state index < -0.39 is 5.82 Å². The van der Waals surface area contributed by atoms with Gasteiger partial charge in [0.25, 0.3) is 0 Å². The first kappa shape index (κ1) is 14.0. The molecule has 0 aromatic heterocycles. The Morgan fingerprint density at radius 1 is 1.42 bits per heavy atom. The van der Waals surface area contributed by atoms with Crippen LogP contribution >= 0.6 is 0 Å². The topological polar surface area (TPSA) is 38.3 Å². The van der Waals surface area contributed by atoms with Crippen LogP contribution in [0.4, 0.5) is 4.39 Å². The Morgan fingerprint density at radius 3 is 2.68 bits per heavy atom. The van der Waals surface area contributed by atoms with Crippen molar-refractivity contribution in [2.45, 2.75) is 26.2 Å². The smallest absolute Gasteiger partial charge is 0.165 e. The zero-order valence-corrected chi connectivity index (χ0v) is 11.5. The van der Waals surface area contributed by atoms with Gasteiger partial charge in [-0.3, -0.25) is 4.79 Å². The van der Waals surface area contributed by atoms with Gasteiger partial charge >= 0.3 is 0 Å². The summed E-state index contributed by atoms with van der Waals surface area (Å²) < 4.78 is 18.5. The van der Waals surface area contributed by atoms with Crippen LogP contribution in [-0.4, -0.2) is 26.0 Å². The summed E-state index contributed by atoms with van der Waals surface area (Å²) in [7, 11) is 1.43. The molecule has 1 fully saturated rings. The third-order valence-electron chi connectivity index (χ3n) is 3.96. The maximum atomic E-state index is 13.6. The number of Topliss-reactive ketones (excluding diaryl/α,β-unsaturated/α-hetero) is 1. The lowest BCUT2D eigenvalue weighted by Crippen LogP contribution is -2.40. The first-order chi connectivity index (χ1) is 9.05. The lowest BCUT2D eigenvalue weighted by atomic mass is 9.75. The van der Waals surface area contributed by atoms with Crippen LogP contribution in [0.2, 0.25) is 0 Å². The normalized spacial score (nSPS) is 18.1. The molecule has 1 aliphatic rings. The Kier molecular flexibility index (Phi) is 4.20. The van der Waals surface area contributed by atoms with Gasteiger partial charge in [0.05, 0.1) is 7.11 Å². The van der Waals surface area contributed by atoms with Crippen LogP contribution in [0.1, 0.15) is 25.3 Å². The molecular formula is C15H20FNO2. The van der Waals surface area contributed by atoms with E-state index in [0.717, 1.165) is 25.9 Å². The highest BCUT2D eigenvalue weighted by Crippen LogP contribution is 2.30. The standard InChI is InChI=1S/C15H20FNO2/c1-15(5-7-17-8-6-15)14(18)10-11-3-4-13(19-2)12(16)9-11/h3-4,9,17H,5-8,10H2,1-2H3. The van der Waals surface area contributed by atoms with Crippen LogP contribution in [0.15, 0.2) is 18.2 Å². The number of benzene rings is 1. The number of methoxy groups -OCH3 is 1. The number of ketones is 1. The summed E-state index contributed by atoms with van der Waals surface area (Å²) in [5, 5.41) is 3.25. The summed E-state index contributed by atoms with van der Waals surface area (Å²) in [6.45, 7) is 3.76. The SMILES string of the molecule is COc1ccc(CC(=O)C2(C)CCNCC2)cc1F. The van der Waals surface area contributed by atoms with E-state index in [1.165, 1.54) is 13.2 Å². The molecule has 0 saturated carbocycles. The van der Waals surface area contributed by atoms with Crippen molar-refractivity contribution in [3.8, 4) is 5.75 Å². The van der Waals surface area contributed by atoms with Gasteiger partial charge in [0, 0.05) is 11.8 Å². The van der Waals surface area contributed by atoms with Crippen molar-refractivity contribution in [3.05, 3.63) is 29.6 Å². The Morgan fingerprint density at radius 2 is 2.11 bits per heavy atom.